The minimum absolute atomic E-state index is 0.208. The Bertz CT molecular complexity index is 929. The van der Waals surface area contributed by atoms with Gasteiger partial charge < -0.3 is 19.7 Å². The van der Waals surface area contributed by atoms with Crippen LogP contribution in [-0.2, 0) is 26.9 Å². The molecule has 0 bridgehead atoms. The molecule has 1 saturated heterocycles. The molecule has 30 heavy (non-hydrogen) atoms. The molecule has 0 aliphatic carbocycles. The molecule has 8 heteroatoms. The van der Waals surface area contributed by atoms with Crippen LogP contribution >= 0.6 is 0 Å². The van der Waals surface area contributed by atoms with Gasteiger partial charge in [-0.3, -0.25) is 9.48 Å². The minimum Gasteiger partial charge on any atom is -0.444 e. The average molecular weight is 417 g/mol. The molecule has 164 valence electrons. The Kier molecular flexibility index (Phi) is 6.08. The van der Waals surface area contributed by atoms with E-state index in [-0.39, 0.29) is 18.6 Å². The molecule has 3 rings (SSSR count). The van der Waals surface area contributed by atoms with Crippen LogP contribution in [0.3, 0.4) is 0 Å². The fraction of sp³-hybridized carbons (Fsp3) is 0.591. The Balaban J connectivity index is 1.67. The van der Waals surface area contributed by atoms with E-state index in [9.17, 15) is 9.59 Å². The van der Waals surface area contributed by atoms with Gasteiger partial charge in [-0.05, 0) is 40.7 Å². The SMILES string of the molecule is Cn1nc(C(C)(C)NC(=O)C2CCN(C(=O)OC(C)(C)C)CCO2)c2ccccc21. The van der Waals surface area contributed by atoms with Crippen molar-refractivity contribution in [2.45, 2.75) is 58.3 Å². The van der Waals surface area contributed by atoms with E-state index in [1.54, 1.807) is 4.90 Å². The summed E-state index contributed by atoms with van der Waals surface area (Å²) in [7, 11) is 1.89. The number of fused-ring (bicyclic) bond motifs is 1. The lowest BCUT2D eigenvalue weighted by atomic mass is 9.96. The predicted molar refractivity (Wildman–Crippen MR) is 114 cm³/mol. The highest BCUT2D eigenvalue weighted by atomic mass is 16.6. The zero-order valence-electron chi connectivity index (χ0n) is 18.7. The Morgan fingerprint density at radius 1 is 1.17 bits per heavy atom. The number of aromatic nitrogens is 2. The fourth-order valence-corrected chi connectivity index (χ4v) is 3.61. The van der Waals surface area contributed by atoms with Crippen LogP contribution in [0, 0.1) is 0 Å². The third-order valence-electron chi connectivity index (χ3n) is 5.07. The number of rotatable bonds is 3. The lowest BCUT2D eigenvalue weighted by Crippen LogP contribution is -2.47. The summed E-state index contributed by atoms with van der Waals surface area (Å²) in [6.07, 6.45) is -0.608. The van der Waals surface area contributed by atoms with Gasteiger partial charge in [-0.1, -0.05) is 18.2 Å². The maximum absolute atomic E-state index is 13.0. The number of amides is 2. The van der Waals surface area contributed by atoms with E-state index >= 15 is 0 Å². The predicted octanol–water partition coefficient (Wildman–Crippen LogP) is 2.95. The molecular formula is C22H32N4O4. The summed E-state index contributed by atoms with van der Waals surface area (Å²) < 4.78 is 13.0. The summed E-state index contributed by atoms with van der Waals surface area (Å²) >= 11 is 0. The number of carbonyl (C=O) groups is 2. The number of benzene rings is 1. The number of hydrogen-bond donors (Lipinski definition) is 1. The van der Waals surface area contributed by atoms with Crippen molar-refractivity contribution in [3.63, 3.8) is 0 Å². The van der Waals surface area contributed by atoms with Crippen LogP contribution in [0.15, 0.2) is 24.3 Å². The second-order valence-corrected chi connectivity index (χ2v) is 9.22. The number of para-hydroxylation sites is 1. The molecule has 2 aromatic rings. The van der Waals surface area contributed by atoms with Crippen LogP contribution in [0.25, 0.3) is 10.9 Å². The van der Waals surface area contributed by atoms with Gasteiger partial charge in [0.05, 0.1) is 23.4 Å². The van der Waals surface area contributed by atoms with E-state index in [0.717, 1.165) is 16.6 Å². The van der Waals surface area contributed by atoms with Crippen LogP contribution in [0.1, 0.15) is 46.7 Å². The standard InChI is InChI=1S/C22H32N4O4/c1-21(2,3)30-20(28)26-12-11-17(29-14-13-26)19(27)23-22(4,5)18-15-9-7-8-10-16(15)25(6)24-18/h7-10,17H,11-14H2,1-6H3,(H,23,27). The van der Waals surface area contributed by atoms with Gasteiger partial charge in [-0.25, -0.2) is 4.79 Å². The molecule has 8 nitrogen and oxygen atoms in total. The van der Waals surface area contributed by atoms with E-state index in [0.29, 0.717) is 19.5 Å². The molecule has 2 amide bonds. The Hall–Kier alpha value is -2.61. The molecule has 1 N–H and O–H groups in total. The van der Waals surface area contributed by atoms with Gasteiger partial charge in [0.2, 0.25) is 5.91 Å². The second kappa shape index (κ2) is 8.26. The number of nitrogens with zero attached hydrogens (tertiary/aromatic N) is 3. The van der Waals surface area contributed by atoms with Crippen molar-refractivity contribution in [1.29, 1.82) is 0 Å². The minimum atomic E-state index is -0.682. The third-order valence-corrected chi connectivity index (χ3v) is 5.07. The van der Waals surface area contributed by atoms with Crippen molar-refractivity contribution in [3.8, 4) is 0 Å². The summed E-state index contributed by atoms with van der Waals surface area (Å²) in [5.74, 6) is -0.208. The number of ether oxygens (including phenoxy) is 2. The van der Waals surface area contributed by atoms with Gasteiger partial charge in [0, 0.05) is 31.9 Å². The van der Waals surface area contributed by atoms with Crippen molar-refractivity contribution in [2.24, 2.45) is 7.05 Å². The zero-order valence-corrected chi connectivity index (χ0v) is 18.7. The van der Waals surface area contributed by atoms with Crippen molar-refractivity contribution in [3.05, 3.63) is 30.0 Å². The van der Waals surface area contributed by atoms with Crippen molar-refractivity contribution in [2.75, 3.05) is 19.7 Å². The van der Waals surface area contributed by atoms with E-state index in [4.69, 9.17) is 9.47 Å². The molecule has 1 aromatic carbocycles. The summed E-state index contributed by atoms with van der Waals surface area (Å²) in [6.45, 7) is 10.4. The molecule has 1 aromatic heterocycles. The van der Waals surface area contributed by atoms with E-state index < -0.39 is 17.2 Å². The first-order chi connectivity index (χ1) is 14.0. The quantitative estimate of drug-likeness (QED) is 0.831. The third kappa shape index (κ3) is 4.92. The molecule has 1 aliphatic rings. The molecule has 1 unspecified atom stereocenters. The van der Waals surface area contributed by atoms with Crippen LogP contribution in [0.2, 0.25) is 0 Å². The van der Waals surface area contributed by atoms with Gasteiger partial charge in [-0.15, -0.1) is 0 Å². The zero-order chi connectivity index (χ0) is 22.1. The maximum Gasteiger partial charge on any atom is 0.410 e. The largest absolute Gasteiger partial charge is 0.444 e. The Morgan fingerprint density at radius 2 is 1.87 bits per heavy atom. The van der Waals surface area contributed by atoms with Crippen LogP contribution in [0.5, 0.6) is 0 Å². The molecule has 1 aliphatic heterocycles. The van der Waals surface area contributed by atoms with Crippen molar-refractivity contribution in [1.82, 2.24) is 20.0 Å². The Morgan fingerprint density at radius 3 is 2.57 bits per heavy atom. The van der Waals surface area contributed by atoms with Gasteiger partial charge in [0.25, 0.3) is 0 Å². The van der Waals surface area contributed by atoms with Crippen LogP contribution < -0.4 is 5.32 Å². The number of carbonyl (C=O) groups excluding carboxylic acids is 2. The lowest BCUT2D eigenvalue weighted by Gasteiger charge is -2.27. The topological polar surface area (TPSA) is 85.7 Å². The molecule has 0 radical (unpaired) electrons. The summed E-state index contributed by atoms with van der Waals surface area (Å²) in [4.78, 5) is 26.9. The first-order valence-corrected chi connectivity index (χ1v) is 10.3. The first-order valence-electron chi connectivity index (χ1n) is 10.3. The second-order valence-electron chi connectivity index (χ2n) is 9.22. The van der Waals surface area contributed by atoms with E-state index in [2.05, 4.69) is 10.4 Å². The molecular weight excluding hydrogens is 384 g/mol. The van der Waals surface area contributed by atoms with Gasteiger partial charge in [-0.2, -0.15) is 5.10 Å². The summed E-state index contributed by atoms with van der Waals surface area (Å²) in [6, 6.07) is 7.94. The average Bonchev–Trinajstić information content (AvgIpc) is 2.83. The highest BCUT2D eigenvalue weighted by Gasteiger charge is 2.33. The molecule has 0 spiro atoms. The highest BCUT2D eigenvalue weighted by Crippen LogP contribution is 2.27. The van der Waals surface area contributed by atoms with Gasteiger partial charge in [0.15, 0.2) is 0 Å². The fourth-order valence-electron chi connectivity index (χ4n) is 3.61. The summed E-state index contributed by atoms with van der Waals surface area (Å²) in [5.41, 5.74) is 0.570. The monoisotopic (exact) mass is 416 g/mol. The Labute approximate surface area is 177 Å². The normalized spacial score (nSPS) is 18.2. The molecule has 1 fully saturated rings. The van der Waals surface area contributed by atoms with Gasteiger partial charge >= 0.3 is 6.09 Å². The maximum atomic E-state index is 13.0. The van der Waals surface area contributed by atoms with E-state index in [1.165, 1.54) is 0 Å². The highest BCUT2D eigenvalue weighted by molar-refractivity contribution is 5.85. The lowest BCUT2D eigenvalue weighted by molar-refractivity contribution is -0.134. The molecule has 1 atom stereocenters. The van der Waals surface area contributed by atoms with Crippen molar-refractivity contribution < 1.29 is 19.1 Å². The van der Waals surface area contributed by atoms with Crippen LogP contribution in [0.4, 0.5) is 4.79 Å². The smallest absolute Gasteiger partial charge is 0.410 e. The van der Waals surface area contributed by atoms with E-state index in [1.807, 2.05) is 70.6 Å². The number of nitrogens with one attached hydrogen (secondary N) is 1. The molecule has 0 saturated carbocycles. The number of hydrogen-bond acceptors (Lipinski definition) is 5. The number of aryl methyl sites for hydroxylation is 1. The van der Waals surface area contributed by atoms with Gasteiger partial charge in [0.1, 0.15) is 11.7 Å². The summed E-state index contributed by atoms with van der Waals surface area (Å²) in [5, 5.41) is 8.73. The van der Waals surface area contributed by atoms with Crippen LogP contribution in [-0.4, -0.2) is 58.1 Å². The first kappa shape index (κ1) is 22.1. The molecule has 2 heterocycles. The van der Waals surface area contributed by atoms with Crippen molar-refractivity contribution >= 4 is 22.9 Å².